The minimum absolute atomic E-state index is 0.554. The minimum Gasteiger partial charge on any atom is -0.310 e. The zero-order valence-electron chi connectivity index (χ0n) is 11.2. The van der Waals surface area contributed by atoms with Gasteiger partial charge in [0.15, 0.2) is 0 Å². The molecule has 2 rings (SSSR count). The first-order valence-electron chi connectivity index (χ1n) is 6.66. The number of likely N-dealkylation sites (tertiary alicyclic amines) is 1. The van der Waals surface area contributed by atoms with Gasteiger partial charge in [-0.15, -0.1) is 0 Å². The van der Waals surface area contributed by atoms with Crippen LogP contribution in [0.2, 0.25) is 0 Å². The number of nitrogens with one attached hydrogen (secondary N) is 1. The molecule has 1 atom stereocenters. The number of benzene rings is 1. The molecule has 1 heterocycles. The number of hydrogen-bond acceptors (Lipinski definition) is 2. The van der Waals surface area contributed by atoms with Gasteiger partial charge in [0.2, 0.25) is 0 Å². The fourth-order valence-corrected chi connectivity index (χ4v) is 2.44. The molecular weight excluding hydrogens is 208 g/mol. The lowest BCUT2D eigenvalue weighted by Crippen LogP contribution is -2.21. The highest BCUT2D eigenvalue weighted by atomic mass is 15.1. The Labute approximate surface area is 105 Å². The van der Waals surface area contributed by atoms with Gasteiger partial charge in [0, 0.05) is 19.1 Å². The molecule has 1 unspecified atom stereocenters. The smallest absolute Gasteiger partial charge is 0.0207 e. The molecule has 2 nitrogen and oxygen atoms in total. The maximum Gasteiger partial charge on any atom is 0.0207 e. The van der Waals surface area contributed by atoms with E-state index < -0.39 is 0 Å². The second-order valence-corrected chi connectivity index (χ2v) is 5.53. The van der Waals surface area contributed by atoms with Crippen LogP contribution in [0.1, 0.15) is 37.3 Å². The molecule has 2 heteroatoms. The van der Waals surface area contributed by atoms with E-state index in [4.69, 9.17) is 0 Å². The Morgan fingerprint density at radius 1 is 1.29 bits per heavy atom. The standard InChI is InChI=1S/C15H24N2/c1-12(2)16-10-13-4-6-14(7-5-13)15-8-9-17(3)11-15/h4-7,12,15-16H,8-11H2,1-3H3. The van der Waals surface area contributed by atoms with Gasteiger partial charge in [-0.2, -0.15) is 0 Å². The van der Waals surface area contributed by atoms with E-state index in [1.165, 1.54) is 30.6 Å². The molecule has 0 saturated carbocycles. The summed E-state index contributed by atoms with van der Waals surface area (Å²) in [7, 11) is 2.21. The van der Waals surface area contributed by atoms with Gasteiger partial charge in [-0.3, -0.25) is 0 Å². The molecule has 94 valence electrons. The third-order valence-electron chi connectivity index (χ3n) is 3.56. The zero-order valence-corrected chi connectivity index (χ0v) is 11.2. The first kappa shape index (κ1) is 12.6. The Bertz CT molecular complexity index is 342. The number of nitrogens with zero attached hydrogens (tertiary/aromatic N) is 1. The summed E-state index contributed by atoms with van der Waals surface area (Å²) in [6, 6.07) is 9.70. The summed E-state index contributed by atoms with van der Waals surface area (Å²) >= 11 is 0. The quantitative estimate of drug-likeness (QED) is 0.858. The molecule has 17 heavy (non-hydrogen) atoms. The number of rotatable bonds is 4. The van der Waals surface area contributed by atoms with Crippen LogP contribution in [-0.2, 0) is 6.54 Å². The molecule has 0 spiro atoms. The van der Waals surface area contributed by atoms with Crippen molar-refractivity contribution in [3.8, 4) is 0 Å². The van der Waals surface area contributed by atoms with Crippen molar-refractivity contribution in [2.75, 3.05) is 20.1 Å². The van der Waals surface area contributed by atoms with Crippen molar-refractivity contribution in [1.82, 2.24) is 10.2 Å². The van der Waals surface area contributed by atoms with Gasteiger partial charge in [0.05, 0.1) is 0 Å². The Morgan fingerprint density at radius 2 is 2.00 bits per heavy atom. The highest BCUT2D eigenvalue weighted by Gasteiger charge is 2.20. The molecule has 1 aromatic carbocycles. The normalized spacial score (nSPS) is 21.3. The molecule has 0 amide bonds. The van der Waals surface area contributed by atoms with E-state index in [2.05, 4.69) is 55.4 Å². The molecule has 1 aliphatic rings. The van der Waals surface area contributed by atoms with Gasteiger partial charge in [0.1, 0.15) is 0 Å². The molecule has 1 saturated heterocycles. The summed E-state index contributed by atoms with van der Waals surface area (Å²) in [4.78, 5) is 2.42. The molecule has 0 radical (unpaired) electrons. The number of likely N-dealkylation sites (N-methyl/N-ethyl adjacent to an activating group) is 1. The van der Waals surface area contributed by atoms with E-state index in [1.807, 2.05) is 0 Å². The minimum atomic E-state index is 0.554. The van der Waals surface area contributed by atoms with Crippen LogP contribution in [0, 0.1) is 0 Å². The van der Waals surface area contributed by atoms with E-state index in [0.717, 1.165) is 12.5 Å². The van der Waals surface area contributed by atoms with Gasteiger partial charge in [0.25, 0.3) is 0 Å². The maximum absolute atomic E-state index is 3.45. The molecule has 1 aliphatic heterocycles. The van der Waals surface area contributed by atoms with Gasteiger partial charge in [-0.25, -0.2) is 0 Å². The van der Waals surface area contributed by atoms with Gasteiger partial charge in [-0.05, 0) is 37.1 Å². The lowest BCUT2D eigenvalue weighted by atomic mass is 9.97. The van der Waals surface area contributed by atoms with Gasteiger partial charge >= 0.3 is 0 Å². The van der Waals surface area contributed by atoms with Crippen molar-refractivity contribution in [3.63, 3.8) is 0 Å². The third-order valence-corrected chi connectivity index (χ3v) is 3.56. The largest absolute Gasteiger partial charge is 0.310 e. The predicted molar refractivity (Wildman–Crippen MR) is 73.3 cm³/mol. The fraction of sp³-hybridized carbons (Fsp3) is 0.600. The Morgan fingerprint density at radius 3 is 2.53 bits per heavy atom. The van der Waals surface area contributed by atoms with Gasteiger partial charge in [-0.1, -0.05) is 38.1 Å². The van der Waals surface area contributed by atoms with E-state index in [-0.39, 0.29) is 0 Å². The fourth-order valence-electron chi connectivity index (χ4n) is 2.44. The Hall–Kier alpha value is -0.860. The summed E-state index contributed by atoms with van der Waals surface area (Å²) in [5.74, 6) is 0.743. The van der Waals surface area contributed by atoms with Crippen LogP contribution in [0.4, 0.5) is 0 Å². The molecule has 1 fully saturated rings. The van der Waals surface area contributed by atoms with Crippen LogP contribution in [0.15, 0.2) is 24.3 Å². The van der Waals surface area contributed by atoms with Crippen LogP contribution < -0.4 is 5.32 Å². The SMILES string of the molecule is CC(C)NCc1ccc(C2CCN(C)C2)cc1. The van der Waals surface area contributed by atoms with Crippen LogP contribution in [0.25, 0.3) is 0 Å². The van der Waals surface area contributed by atoms with Crippen molar-refractivity contribution in [3.05, 3.63) is 35.4 Å². The molecule has 0 aliphatic carbocycles. The van der Waals surface area contributed by atoms with Crippen molar-refractivity contribution in [1.29, 1.82) is 0 Å². The van der Waals surface area contributed by atoms with Crippen molar-refractivity contribution >= 4 is 0 Å². The average molecular weight is 232 g/mol. The van der Waals surface area contributed by atoms with Crippen LogP contribution in [0.3, 0.4) is 0 Å². The highest BCUT2D eigenvalue weighted by Crippen LogP contribution is 2.26. The first-order chi connectivity index (χ1) is 8.15. The molecule has 1 aromatic rings. The Balaban J connectivity index is 1.93. The maximum atomic E-state index is 3.45. The summed E-state index contributed by atoms with van der Waals surface area (Å²) in [6.07, 6.45) is 1.31. The molecular formula is C15H24N2. The highest BCUT2D eigenvalue weighted by molar-refractivity contribution is 5.26. The Kier molecular flexibility index (Phi) is 4.19. The van der Waals surface area contributed by atoms with E-state index in [1.54, 1.807) is 0 Å². The van der Waals surface area contributed by atoms with E-state index in [0.29, 0.717) is 6.04 Å². The summed E-state index contributed by atoms with van der Waals surface area (Å²) in [5.41, 5.74) is 2.89. The second-order valence-electron chi connectivity index (χ2n) is 5.53. The van der Waals surface area contributed by atoms with Crippen LogP contribution in [0.5, 0.6) is 0 Å². The lowest BCUT2D eigenvalue weighted by Gasteiger charge is -2.12. The van der Waals surface area contributed by atoms with E-state index in [9.17, 15) is 0 Å². The first-order valence-corrected chi connectivity index (χ1v) is 6.66. The van der Waals surface area contributed by atoms with Crippen LogP contribution >= 0.6 is 0 Å². The summed E-state index contributed by atoms with van der Waals surface area (Å²) in [5, 5.41) is 3.45. The average Bonchev–Trinajstić information content (AvgIpc) is 2.74. The van der Waals surface area contributed by atoms with Crippen LogP contribution in [-0.4, -0.2) is 31.1 Å². The topological polar surface area (TPSA) is 15.3 Å². The predicted octanol–water partition coefficient (Wildman–Crippen LogP) is 2.60. The third kappa shape index (κ3) is 3.55. The van der Waals surface area contributed by atoms with Crippen molar-refractivity contribution < 1.29 is 0 Å². The lowest BCUT2D eigenvalue weighted by molar-refractivity contribution is 0.411. The molecule has 1 N–H and O–H groups in total. The molecule has 0 bridgehead atoms. The van der Waals surface area contributed by atoms with Crippen molar-refractivity contribution in [2.45, 2.75) is 38.8 Å². The number of hydrogen-bond donors (Lipinski definition) is 1. The second kappa shape index (κ2) is 5.65. The van der Waals surface area contributed by atoms with Crippen molar-refractivity contribution in [2.24, 2.45) is 0 Å². The van der Waals surface area contributed by atoms with E-state index >= 15 is 0 Å². The van der Waals surface area contributed by atoms with Gasteiger partial charge < -0.3 is 10.2 Å². The summed E-state index contributed by atoms with van der Waals surface area (Å²) < 4.78 is 0. The summed E-state index contributed by atoms with van der Waals surface area (Å²) in [6.45, 7) is 7.79. The molecule has 0 aromatic heterocycles. The zero-order chi connectivity index (χ0) is 12.3. The monoisotopic (exact) mass is 232 g/mol.